The van der Waals surface area contributed by atoms with Crippen molar-refractivity contribution in [3.8, 4) is 0 Å². The number of aryl methyl sites for hydroxylation is 1. The second-order valence-corrected chi connectivity index (χ2v) is 4.74. The molecule has 0 bridgehead atoms. The fourth-order valence-corrected chi connectivity index (χ4v) is 1.95. The van der Waals surface area contributed by atoms with E-state index < -0.39 is 5.97 Å². The van der Waals surface area contributed by atoms with Gasteiger partial charge in [0.1, 0.15) is 0 Å². The second kappa shape index (κ2) is 5.75. The van der Waals surface area contributed by atoms with Crippen LogP contribution < -0.4 is 5.32 Å². The van der Waals surface area contributed by atoms with E-state index in [0.717, 1.165) is 0 Å². The fourth-order valence-electron chi connectivity index (χ4n) is 1.76. The molecule has 0 spiro atoms. The van der Waals surface area contributed by atoms with E-state index in [1.54, 1.807) is 37.3 Å². The summed E-state index contributed by atoms with van der Waals surface area (Å²) in [6.45, 7) is 1.74. The lowest BCUT2D eigenvalue weighted by atomic mass is 10.1. The number of anilines is 1. The molecule has 0 aliphatic rings. The number of carbonyl (C=O) groups is 2. The first kappa shape index (κ1) is 14.1. The molecule has 2 rings (SSSR count). The van der Waals surface area contributed by atoms with Crippen LogP contribution in [-0.4, -0.2) is 17.0 Å². The van der Waals surface area contributed by atoms with Gasteiger partial charge in [0.15, 0.2) is 0 Å². The molecule has 0 saturated heterocycles. The summed E-state index contributed by atoms with van der Waals surface area (Å²) in [6.07, 6.45) is 0. The van der Waals surface area contributed by atoms with Gasteiger partial charge in [0, 0.05) is 16.3 Å². The van der Waals surface area contributed by atoms with Crippen molar-refractivity contribution in [1.29, 1.82) is 0 Å². The Bertz CT molecular complexity index is 683. The number of amides is 1. The summed E-state index contributed by atoms with van der Waals surface area (Å²) >= 11 is 5.83. The topological polar surface area (TPSA) is 66.4 Å². The van der Waals surface area contributed by atoms with Gasteiger partial charge in [-0.05, 0) is 48.9 Å². The molecule has 0 aliphatic carbocycles. The zero-order chi connectivity index (χ0) is 14.7. The zero-order valence-corrected chi connectivity index (χ0v) is 11.4. The van der Waals surface area contributed by atoms with E-state index >= 15 is 0 Å². The summed E-state index contributed by atoms with van der Waals surface area (Å²) in [5.74, 6) is -1.29. The van der Waals surface area contributed by atoms with Crippen LogP contribution in [-0.2, 0) is 0 Å². The van der Waals surface area contributed by atoms with Crippen LogP contribution in [0.4, 0.5) is 5.69 Å². The van der Waals surface area contributed by atoms with Gasteiger partial charge >= 0.3 is 5.97 Å². The molecule has 0 aromatic heterocycles. The number of nitrogens with one attached hydrogen (secondary N) is 1. The van der Waals surface area contributed by atoms with Gasteiger partial charge in [-0.1, -0.05) is 17.7 Å². The monoisotopic (exact) mass is 289 g/mol. The molecule has 4 nitrogen and oxygen atoms in total. The minimum absolute atomic E-state index is 0.184. The van der Waals surface area contributed by atoms with E-state index in [1.165, 1.54) is 12.1 Å². The van der Waals surface area contributed by atoms with E-state index in [2.05, 4.69) is 5.32 Å². The summed E-state index contributed by atoms with van der Waals surface area (Å²) in [5.41, 5.74) is 1.88. The first-order valence-electron chi connectivity index (χ1n) is 5.88. The first-order valence-corrected chi connectivity index (χ1v) is 6.26. The van der Waals surface area contributed by atoms with Crippen molar-refractivity contribution < 1.29 is 14.7 Å². The molecule has 20 heavy (non-hydrogen) atoms. The van der Waals surface area contributed by atoms with Gasteiger partial charge in [0.25, 0.3) is 5.91 Å². The van der Waals surface area contributed by atoms with E-state index in [1.807, 2.05) is 0 Å². The molecule has 0 unspecified atom stereocenters. The summed E-state index contributed by atoms with van der Waals surface area (Å²) in [6, 6.07) is 11.1. The number of carbonyl (C=O) groups excluding carboxylic acids is 1. The van der Waals surface area contributed by atoms with E-state index in [0.29, 0.717) is 21.8 Å². The van der Waals surface area contributed by atoms with Gasteiger partial charge in [-0.3, -0.25) is 4.79 Å². The number of benzene rings is 2. The van der Waals surface area contributed by atoms with Gasteiger partial charge in [-0.15, -0.1) is 0 Å². The lowest BCUT2D eigenvalue weighted by Crippen LogP contribution is -2.13. The Hall–Kier alpha value is -2.33. The van der Waals surface area contributed by atoms with Crippen LogP contribution in [0.15, 0.2) is 42.5 Å². The molecule has 0 fully saturated rings. The molecule has 0 radical (unpaired) electrons. The standard InChI is InChI=1S/C15H12ClNO3/c1-9-7-11(15(19)20)5-6-13(9)17-14(18)10-3-2-4-12(16)8-10/h2-8H,1H3,(H,17,18)(H,19,20). The third-order valence-electron chi connectivity index (χ3n) is 2.81. The van der Waals surface area contributed by atoms with Crippen LogP contribution in [0.5, 0.6) is 0 Å². The molecule has 0 atom stereocenters. The normalized spacial score (nSPS) is 10.1. The minimum atomic E-state index is -0.999. The van der Waals surface area contributed by atoms with Crippen LogP contribution in [0, 0.1) is 6.92 Å². The molecule has 5 heteroatoms. The maximum absolute atomic E-state index is 12.1. The van der Waals surface area contributed by atoms with Crippen molar-refractivity contribution in [3.63, 3.8) is 0 Å². The predicted octanol–water partition coefficient (Wildman–Crippen LogP) is 3.60. The van der Waals surface area contributed by atoms with Gasteiger partial charge in [0.05, 0.1) is 5.56 Å². The van der Waals surface area contributed by atoms with Gasteiger partial charge in [-0.25, -0.2) is 4.79 Å². The molecular formula is C15H12ClNO3. The van der Waals surface area contributed by atoms with Crippen LogP contribution in [0.2, 0.25) is 5.02 Å². The van der Waals surface area contributed by atoms with Crippen LogP contribution in [0.3, 0.4) is 0 Å². The highest BCUT2D eigenvalue weighted by Gasteiger charge is 2.10. The number of aromatic carboxylic acids is 1. The second-order valence-electron chi connectivity index (χ2n) is 4.30. The Morgan fingerprint density at radius 3 is 2.45 bits per heavy atom. The van der Waals surface area contributed by atoms with Crippen molar-refractivity contribution in [2.75, 3.05) is 5.32 Å². The predicted molar refractivity (Wildman–Crippen MR) is 77.5 cm³/mol. The summed E-state index contributed by atoms with van der Waals surface area (Å²) in [7, 11) is 0. The number of hydrogen-bond acceptors (Lipinski definition) is 2. The van der Waals surface area contributed by atoms with Gasteiger partial charge in [0.2, 0.25) is 0 Å². The molecule has 102 valence electrons. The maximum atomic E-state index is 12.1. The quantitative estimate of drug-likeness (QED) is 0.907. The number of carboxylic acid groups (broad SMARTS) is 1. The number of carboxylic acids is 1. The average molecular weight is 290 g/mol. The van der Waals surface area contributed by atoms with Crippen molar-refractivity contribution in [2.24, 2.45) is 0 Å². The third-order valence-corrected chi connectivity index (χ3v) is 3.04. The summed E-state index contributed by atoms with van der Waals surface area (Å²) in [4.78, 5) is 22.9. The van der Waals surface area contributed by atoms with Crippen molar-refractivity contribution in [1.82, 2.24) is 0 Å². The summed E-state index contributed by atoms with van der Waals surface area (Å²) < 4.78 is 0. The van der Waals surface area contributed by atoms with Crippen molar-refractivity contribution >= 4 is 29.2 Å². The Morgan fingerprint density at radius 2 is 1.85 bits per heavy atom. The lowest BCUT2D eigenvalue weighted by Gasteiger charge is -2.09. The van der Waals surface area contributed by atoms with Crippen LogP contribution in [0.1, 0.15) is 26.3 Å². The molecule has 0 saturated carbocycles. The minimum Gasteiger partial charge on any atom is -0.478 e. The Kier molecular flexibility index (Phi) is 4.05. The number of hydrogen-bond donors (Lipinski definition) is 2. The SMILES string of the molecule is Cc1cc(C(=O)O)ccc1NC(=O)c1cccc(Cl)c1. The van der Waals surface area contributed by atoms with Crippen LogP contribution >= 0.6 is 11.6 Å². The van der Waals surface area contributed by atoms with Crippen LogP contribution in [0.25, 0.3) is 0 Å². The number of rotatable bonds is 3. The Labute approximate surface area is 121 Å². The molecule has 2 N–H and O–H groups in total. The highest BCUT2D eigenvalue weighted by molar-refractivity contribution is 6.31. The summed E-state index contributed by atoms with van der Waals surface area (Å²) in [5, 5.41) is 12.1. The first-order chi connectivity index (χ1) is 9.47. The van der Waals surface area contributed by atoms with Crippen molar-refractivity contribution in [2.45, 2.75) is 6.92 Å². The zero-order valence-electron chi connectivity index (χ0n) is 10.7. The third kappa shape index (κ3) is 3.16. The van der Waals surface area contributed by atoms with Gasteiger partial charge in [-0.2, -0.15) is 0 Å². The molecule has 1 amide bonds. The van der Waals surface area contributed by atoms with E-state index in [4.69, 9.17) is 16.7 Å². The van der Waals surface area contributed by atoms with Gasteiger partial charge < -0.3 is 10.4 Å². The van der Waals surface area contributed by atoms with E-state index in [-0.39, 0.29) is 11.5 Å². The highest BCUT2D eigenvalue weighted by atomic mass is 35.5. The van der Waals surface area contributed by atoms with E-state index in [9.17, 15) is 9.59 Å². The maximum Gasteiger partial charge on any atom is 0.335 e. The highest BCUT2D eigenvalue weighted by Crippen LogP contribution is 2.18. The average Bonchev–Trinajstić information content (AvgIpc) is 2.40. The molecule has 2 aromatic carbocycles. The Morgan fingerprint density at radius 1 is 1.10 bits per heavy atom. The Balaban J connectivity index is 2.22. The lowest BCUT2D eigenvalue weighted by molar-refractivity contribution is 0.0696. The molecular weight excluding hydrogens is 278 g/mol. The molecule has 2 aromatic rings. The molecule has 0 aliphatic heterocycles. The smallest absolute Gasteiger partial charge is 0.335 e. The largest absolute Gasteiger partial charge is 0.478 e. The fraction of sp³-hybridized carbons (Fsp3) is 0.0667. The number of halogens is 1. The molecule has 0 heterocycles. The van der Waals surface area contributed by atoms with Crippen molar-refractivity contribution in [3.05, 3.63) is 64.2 Å².